The highest BCUT2D eigenvalue weighted by molar-refractivity contribution is 5.96. The van der Waals surface area contributed by atoms with Gasteiger partial charge in [-0.15, -0.1) is 0 Å². The van der Waals surface area contributed by atoms with Crippen LogP contribution in [0.5, 0.6) is 0 Å². The molecule has 0 unspecified atom stereocenters. The summed E-state index contributed by atoms with van der Waals surface area (Å²) in [5.41, 5.74) is 3.46. The minimum absolute atomic E-state index is 0.0520. The van der Waals surface area contributed by atoms with Gasteiger partial charge in [-0.05, 0) is 26.0 Å². The molecule has 2 rings (SSSR count). The van der Waals surface area contributed by atoms with Crippen LogP contribution in [0, 0.1) is 13.8 Å². The quantitative estimate of drug-likeness (QED) is 0.768. The molecule has 0 saturated heterocycles. The maximum atomic E-state index is 11.8. The van der Waals surface area contributed by atoms with Crippen LogP contribution in [-0.2, 0) is 11.3 Å². The van der Waals surface area contributed by atoms with E-state index in [1.807, 2.05) is 26.0 Å². The van der Waals surface area contributed by atoms with E-state index >= 15 is 0 Å². The molecule has 1 heterocycles. The standard InChI is InChI=1S/C15H18N4O2/c1-10-3-5-12(6-4-10)15(21)17-9-14(20)16-7-13-8-18-19-11(13)2/h3-6,8H,7,9H2,1-2H3,(H,16,20)(H,17,21)(H,18,19). The zero-order valence-electron chi connectivity index (χ0n) is 12.1. The molecule has 0 saturated carbocycles. The normalized spacial score (nSPS) is 10.2. The smallest absolute Gasteiger partial charge is 0.251 e. The monoisotopic (exact) mass is 286 g/mol. The van der Waals surface area contributed by atoms with Crippen molar-refractivity contribution in [1.29, 1.82) is 0 Å². The molecule has 0 bridgehead atoms. The Kier molecular flexibility index (Phi) is 4.71. The first-order valence-electron chi connectivity index (χ1n) is 6.66. The molecule has 6 heteroatoms. The van der Waals surface area contributed by atoms with Gasteiger partial charge < -0.3 is 10.6 Å². The number of hydrogen-bond donors (Lipinski definition) is 3. The van der Waals surface area contributed by atoms with Crippen molar-refractivity contribution in [2.45, 2.75) is 20.4 Å². The number of aromatic nitrogens is 2. The third-order valence-electron chi connectivity index (χ3n) is 3.13. The van der Waals surface area contributed by atoms with Crippen LogP contribution in [0.15, 0.2) is 30.5 Å². The summed E-state index contributed by atoms with van der Waals surface area (Å²) in [5, 5.41) is 12.0. The highest BCUT2D eigenvalue weighted by Crippen LogP contribution is 2.03. The van der Waals surface area contributed by atoms with Crippen molar-refractivity contribution in [3.05, 3.63) is 52.8 Å². The molecule has 0 spiro atoms. The van der Waals surface area contributed by atoms with Crippen LogP contribution in [-0.4, -0.2) is 28.6 Å². The van der Waals surface area contributed by atoms with Gasteiger partial charge >= 0.3 is 0 Å². The van der Waals surface area contributed by atoms with Gasteiger partial charge in [-0.1, -0.05) is 17.7 Å². The Labute approximate surface area is 122 Å². The van der Waals surface area contributed by atoms with E-state index in [1.165, 1.54) is 0 Å². The van der Waals surface area contributed by atoms with Crippen molar-refractivity contribution in [1.82, 2.24) is 20.8 Å². The summed E-state index contributed by atoms with van der Waals surface area (Å²) in [6.45, 7) is 4.17. The molecule has 2 amide bonds. The fourth-order valence-corrected chi connectivity index (χ4v) is 1.78. The van der Waals surface area contributed by atoms with E-state index in [2.05, 4.69) is 20.8 Å². The molecule has 0 aliphatic rings. The fraction of sp³-hybridized carbons (Fsp3) is 0.267. The van der Waals surface area contributed by atoms with Crippen molar-refractivity contribution in [2.75, 3.05) is 6.54 Å². The van der Waals surface area contributed by atoms with Gasteiger partial charge in [-0.3, -0.25) is 14.7 Å². The van der Waals surface area contributed by atoms with Crippen molar-refractivity contribution >= 4 is 11.8 Å². The van der Waals surface area contributed by atoms with Crippen LogP contribution in [0.2, 0.25) is 0 Å². The van der Waals surface area contributed by atoms with Crippen LogP contribution >= 0.6 is 0 Å². The van der Waals surface area contributed by atoms with Gasteiger partial charge in [-0.25, -0.2) is 0 Å². The lowest BCUT2D eigenvalue weighted by molar-refractivity contribution is -0.120. The second-order valence-electron chi connectivity index (χ2n) is 4.85. The van der Waals surface area contributed by atoms with E-state index in [-0.39, 0.29) is 18.4 Å². The molecule has 3 N–H and O–H groups in total. The molecular weight excluding hydrogens is 268 g/mol. The van der Waals surface area contributed by atoms with Crippen LogP contribution < -0.4 is 10.6 Å². The van der Waals surface area contributed by atoms with Crippen molar-refractivity contribution in [3.63, 3.8) is 0 Å². The van der Waals surface area contributed by atoms with Gasteiger partial charge in [0.05, 0.1) is 12.7 Å². The van der Waals surface area contributed by atoms with Crippen LogP contribution in [0.1, 0.15) is 27.2 Å². The lowest BCUT2D eigenvalue weighted by Gasteiger charge is -2.07. The van der Waals surface area contributed by atoms with E-state index < -0.39 is 0 Å². The maximum Gasteiger partial charge on any atom is 0.251 e. The molecule has 0 fully saturated rings. The lowest BCUT2D eigenvalue weighted by Crippen LogP contribution is -2.36. The summed E-state index contributed by atoms with van der Waals surface area (Å²) in [7, 11) is 0. The summed E-state index contributed by atoms with van der Waals surface area (Å²) >= 11 is 0. The second kappa shape index (κ2) is 6.69. The van der Waals surface area contributed by atoms with Gasteiger partial charge in [-0.2, -0.15) is 5.10 Å². The molecule has 1 aromatic heterocycles. The molecule has 0 aliphatic heterocycles. The average Bonchev–Trinajstić information content (AvgIpc) is 2.88. The van der Waals surface area contributed by atoms with Gasteiger partial charge in [0.25, 0.3) is 5.91 Å². The Morgan fingerprint density at radius 3 is 2.48 bits per heavy atom. The first kappa shape index (κ1) is 14.8. The number of carbonyl (C=O) groups excluding carboxylic acids is 2. The van der Waals surface area contributed by atoms with E-state index in [9.17, 15) is 9.59 Å². The predicted octanol–water partition coefficient (Wildman–Crippen LogP) is 1.07. The van der Waals surface area contributed by atoms with Gasteiger partial charge in [0.1, 0.15) is 0 Å². The number of aromatic amines is 1. The minimum Gasteiger partial charge on any atom is -0.350 e. The number of amides is 2. The molecule has 110 valence electrons. The van der Waals surface area contributed by atoms with Gasteiger partial charge in [0.15, 0.2) is 0 Å². The Balaban J connectivity index is 1.77. The topological polar surface area (TPSA) is 86.9 Å². The van der Waals surface area contributed by atoms with Crippen molar-refractivity contribution in [2.24, 2.45) is 0 Å². The summed E-state index contributed by atoms with van der Waals surface area (Å²) in [6.07, 6.45) is 1.67. The third kappa shape index (κ3) is 4.17. The Bertz CT molecular complexity index is 631. The number of aryl methyl sites for hydroxylation is 2. The molecule has 1 aromatic carbocycles. The molecule has 21 heavy (non-hydrogen) atoms. The number of nitrogens with zero attached hydrogens (tertiary/aromatic N) is 1. The fourth-order valence-electron chi connectivity index (χ4n) is 1.78. The number of benzene rings is 1. The lowest BCUT2D eigenvalue weighted by atomic mass is 10.1. The number of nitrogens with one attached hydrogen (secondary N) is 3. The summed E-state index contributed by atoms with van der Waals surface area (Å²) in [4.78, 5) is 23.5. The van der Waals surface area contributed by atoms with E-state index in [0.29, 0.717) is 12.1 Å². The molecule has 0 aliphatic carbocycles. The second-order valence-corrected chi connectivity index (χ2v) is 4.85. The van der Waals surface area contributed by atoms with E-state index in [4.69, 9.17) is 0 Å². The summed E-state index contributed by atoms with van der Waals surface area (Å²) in [5.74, 6) is -0.499. The predicted molar refractivity (Wildman–Crippen MR) is 78.7 cm³/mol. The van der Waals surface area contributed by atoms with Gasteiger partial charge in [0.2, 0.25) is 5.91 Å². The zero-order chi connectivity index (χ0) is 15.2. The Morgan fingerprint density at radius 1 is 1.14 bits per heavy atom. The molecule has 2 aromatic rings. The van der Waals surface area contributed by atoms with Crippen LogP contribution in [0.3, 0.4) is 0 Å². The summed E-state index contributed by atoms with van der Waals surface area (Å²) < 4.78 is 0. The highest BCUT2D eigenvalue weighted by Gasteiger charge is 2.08. The van der Waals surface area contributed by atoms with Crippen molar-refractivity contribution < 1.29 is 9.59 Å². The first-order valence-corrected chi connectivity index (χ1v) is 6.66. The summed E-state index contributed by atoms with van der Waals surface area (Å²) in [6, 6.07) is 7.18. The third-order valence-corrected chi connectivity index (χ3v) is 3.13. The molecule has 0 radical (unpaired) electrons. The average molecular weight is 286 g/mol. The van der Waals surface area contributed by atoms with Crippen molar-refractivity contribution in [3.8, 4) is 0 Å². The largest absolute Gasteiger partial charge is 0.350 e. The van der Waals surface area contributed by atoms with Gasteiger partial charge in [0, 0.05) is 23.4 Å². The molecule has 0 atom stereocenters. The maximum absolute atomic E-state index is 11.8. The first-order chi connectivity index (χ1) is 10.1. The van der Waals surface area contributed by atoms with E-state index in [1.54, 1.807) is 18.3 Å². The number of hydrogen-bond acceptors (Lipinski definition) is 3. The SMILES string of the molecule is Cc1ccc(C(=O)NCC(=O)NCc2cn[nH]c2C)cc1. The Morgan fingerprint density at radius 2 is 1.86 bits per heavy atom. The minimum atomic E-state index is -0.260. The molecule has 6 nitrogen and oxygen atoms in total. The van der Waals surface area contributed by atoms with Crippen LogP contribution in [0.25, 0.3) is 0 Å². The number of H-pyrrole nitrogens is 1. The number of carbonyl (C=O) groups is 2. The van der Waals surface area contributed by atoms with Crippen LogP contribution in [0.4, 0.5) is 0 Å². The van der Waals surface area contributed by atoms with E-state index in [0.717, 1.165) is 16.8 Å². The molecular formula is C15H18N4O2. The highest BCUT2D eigenvalue weighted by atomic mass is 16.2. The zero-order valence-corrected chi connectivity index (χ0v) is 12.1. The number of rotatable bonds is 5. The Hall–Kier alpha value is -2.63.